The summed E-state index contributed by atoms with van der Waals surface area (Å²) in [5.74, 6) is 0.0727. The van der Waals surface area contributed by atoms with E-state index in [-0.39, 0.29) is 34.8 Å². The van der Waals surface area contributed by atoms with Crippen LogP contribution in [-0.4, -0.2) is 65.5 Å². The van der Waals surface area contributed by atoms with Gasteiger partial charge >= 0.3 is 0 Å². The van der Waals surface area contributed by atoms with E-state index in [1.54, 1.807) is 24.2 Å². The number of likely N-dealkylation sites (N-methyl/N-ethyl adjacent to an activating group) is 1. The van der Waals surface area contributed by atoms with E-state index >= 15 is 0 Å². The topological polar surface area (TPSA) is 176 Å². The Kier molecular flexibility index (Phi) is 8.03. The maximum absolute atomic E-state index is 13.2. The number of phenols is 2. The number of benzene rings is 3. The number of aromatic amines is 2. The van der Waals surface area contributed by atoms with E-state index in [1.165, 1.54) is 6.07 Å². The van der Waals surface area contributed by atoms with Crippen molar-refractivity contribution in [3.8, 4) is 11.5 Å². The first-order valence-corrected chi connectivity index (χ1v) is 16.3. The largest absolute Gasteiger partial charge is 0.508 e. The number of amides is 1. The number of aromatic hydroxyl groups is 2. The number of hydrogen-bond donors (Lipinski definition) is 6. The number of nitrogen functional groups attached to an aromatic ring is 1. The van der Waals surface area contributed by atoms with Crippen LogP contribution < -0.4 is 16.2 Å². The number of rotatable bonds is 10. The molecule has 3 aromatic heterocycles. The SMILES string of the molecule is CC(C)c1cc([C@H]2C(O)N2c2ccc3c(ccn3CCN(C)C(=O)c3ccc(CCc4c[nH]c5nc(N)[nH]c(=O)c45)cc3)c2)c(O)cc1O. The van der Waals surface area contributed by atoms with Gasteiger partial charge in [-0.3, -0.25) is 14.6 Å². The highest BCUT2D eigenvalue weighted by Gasteiger charge is 2.49. The van der Waals surface area contributed by atoms with Crippen LogP contribution >= 0.6 is 0 Å². The van der Waals surface area contributed by atoms with Crippen molar-refractivity contribution in [2.24, 2.45) is 0 Å². The fourth-order valence-electron chi connectivity index (χ4n) is 6.69. The molecule has 1 fully saturated rings. The standard InChI is InChI=1S/C37H39N7O5/c1-20(2)26-17-27(30(46)18-29(26)45)32-36(49)44(32)25-10-11-28-23(16-25)12-13-43(28)15-14-42(3)35(48)22-7-4-21(5-8-22)6-9-24-19-39-33-31(24)34(47)41-37(38)40-33/h4-5,7-8,10-13,16-20,32,36,45-46,49H,6,9,14-15H2,1-3H3,(H4,38,39,40,41,47)/t32-,36?,44?/m0/s1. The number of carbonyl (C=O) groups excluding carboxylic acids is 1. The summed E-state index contributed by atoms with van der Waals surface area (Å²) in [6.07, 6.45) is 4.32. The van der Waals surface area contributed by atoms with Crippen molar-refractivity contribution in [1.29, 1.82) is 0 Å². The second-order valence-electron chi connectivity index (χ2n) is 13.1. The van der Waals surface area contributed by atoms with Gasteiger partial charge in [0.25, 0.3) is 11.5 Å². The molecule has 4 heterocycles. The number of aliphatic hydroxyl groups excluding tert-OH is 1. The number of nitrogens with zero attached hydrogens (tertiary/aromatic N) is 4. The molecule has 6 aromatic rings. The lowest BCUT2D eigenvalue weighted by atomic mass is 9.97. The molecule has 12 nitrogen and oxygen atoms in total. The van der Waals surface area contributed by atoms with E-state index in [0.29, 0.717) is 48.1 Å². The summed E-state index contributed by atoms with van der Waals surface area (Å²) < 4.78 is 2.10. The Morgan fingerprint density at radius 1 is 1.04 bits per heavy atom. The molecule has 1 aliphatic rings. The van der Waals surface area contributed by atoms with Gasteiger partial charge in [-0.2, -0.15) is 4.98 Å². The predicted molar refractivity (Wildman–Crippen MR) is 189 cm³/mol. The van der Waals surface area contributed by atoms with Crippen molar-refractivity contribution in [3.05, 3.63) is 111 Å². The maximum atomic E-state index is 13.2. The normalized spacial score (nSPS) is 15.8. The molecule has 0 radical (unpaired) electrons. The molecule has 0 bridgehead atoms. The van der Waals surface area contributed by atoms with Gasteiger partial charge in [0.1, 0.15) is 23.2 Å². The van der Waals surface area contributed by atoms with Gasteiger partial charge in [-0.05, 0) is 77.9 Å². The van der Waals surface area contributed by atoms with Crippen molar-refractivity contribution in [3.63, 3.8) is 0 Å². The molecule has 0 aliphatic carbocycles. The van der Waals surface area contributed by atoms with Crippen LogP contribution in [0.3, 0.4) is 0 Å². The molecule has 1 aliphatic heterocycles. The van der Waals surface area contributed by atoms with Gasteiger partial charge in [-0.1, -0.05) is 26.0 Å². The quantitative estimate of drug-likeness (QED) is 0.114. The maximum Gasteiger partial charge on any atom is 0.262 e. The lowest BCUT2D eigenvalue weighted by molar-refractivity contribution is 0.0790. The molecule has 1 unspecified atom stereocenters. The van der Waals surface area contributed by atoms with Crippen molar-refractivity contribution in [2.45, 2.75) is 51.4 Å². The van der Waals surface area contributed by atoms with Crippen molar-refractivity contribution in [2.75, 3.05) is 24.2 Å². The third-order valence-electron chi connectivity index (χ3n) is 9.50. The average molecular weight is 662 g/mol. The zero-order chi connectivity index (χ0) is 34.6. The highest BCUT2D eigenvalue weighted by atomic mass is 16.3. The number of nitrogens with one attached hydrogen (secondary N) is 2. The van der Waals surface area contributed by atoms with Crippen molar-refractivity contribution in [1.82, 2.24) is 24.4 Å². The molecule has 0 saturated carbocycles. The van der Waals surface area contributed by atoms with E-state index in [2.05, 4.69) is 19.5 Å². The summed E-state index contributed by atoms with van der Waals surface area (Å²) in [5.41, 5.74) is 11.5. The fourth-order valence-corrected chi connectivity index (χ4v) is 6.69. The third kappa shape index (κ3) is 5.95. The van der Waals surface area contributed by atoms with Gasteiger partial charge in [-0.25, -0.2) is 0 Å². The van der Waals surface area contributed by atoms with Crippen LogP contribution in [-0.2, 0) is 19.4 Å². The Labute approximate surface area is 282 Å². The minimum atomic E-state index is -0.785. The van der Waals surface area contributed by atoms with Crippen LogP contribution in [0.15, 0.2) is 77.9 Å². The van der Waals surface area contributed by atoms with Crippen molar-refractivity contribution < 1.29 is 20.1 Å². The summed E-state index contributed by atoms with van der Waals surface area (Å²) in [5, 5.41) is 33.1. The van der Waals surface area contributed by atoms with Gasteiger partial charge in [-0.15, -0.1) is 0 Å². The molecule has 1 saturated heterocycles. The number of carbonyl (C=O) groups is 1. The Hall–Kier alpha value is -5.75. The number of aryl methyl sites for hydroxylation is 2. The number of H-pyrrole nitrogens is 2. The van der Waals surface area contributed by atoms with Gasteiger partial charge in [0.15, 0.2) is 6.23 Å². The van der Waals surface area contributed by atoms with E-state index in [4.69, 9.17) is 5.73 Å². The lowest BCUT2D eigenvalue weighted by Crippen LogP contribution is -2.30. The van der Waals surface area contributed by atoms with Crippen LogP contribution in [0.1, 0.15) is 58.4 Å². The number of aromatic nitrogens is 4. The van der Waals surface area contributed by atoms with Crippen LogP contribution in [0.4, 0.5) is 11.6 Å². The first-order valence-electron chi connectivity index (χ1n) is 16.3. The van der Waals surface area contributed by atoms with Crippen LogP contribution in [0.2, 0.25) is 0 Å². The second-order valence-corrected chi connectivity index (χ2v) is 13.1. The summed E-state index contributed by atoms with van der Waals surface area (Å²) in [7, 11) is 1.79. The molecule has 49 heavy (non-hydrogen) atoms. The monoisotopic (exact) mass is 661 g/mol. The zero-order valence-corrected chi connectivity index (χ0v) is 27.5. The van der Waals surface area contributed by atoms with E-state index < -0.39 is 12.3 Å². The number of nitrogens with two attached hydrogens (primary N) is 1. The summed E-state index contributed by atoms with van der Waals surface area (Å²) in [4.78, 5) is 38.8. The zero-order valence-electron chi connectivity index (χ0n) is 27.5. The number of aliphatic hydroxyl groups is 1. The minimum absolute atomic E-state index is 0.0415. The van der Waals surface area contributed by atoms with E-state index in [0.717, 1.165) is 33.3 Å². The molecule has 3 aromatic carbocycles. The first-order chi connectivity index (χ1) is 23.5. The molecule has 0 spiro atoms. The molecule has 7 rings (SSSR count). The highest BCUT2D eigenvalue weighted by Crippen LogP contribution is 2.50. The molecule has 12 heteroatoms. The molecule has 252 valence electrons. The lowest BCUT2D eigenvalue weighted by Gasteiger charge is -2.18. The second kappa shape index (κ2) is 12.4. The van der Waals surface area contributed by atoms with Crippen molar-refractivity contribution >= 4 is 39.5 Å². The van der Waals surface area contributed by atoms with Gasteiger partial charge in [0, 0.05) is 66.3 Å². The first kappa shape index (κ1) is 31.8. The Bertz CT molecular complexity index is 2250. The highest BCUT2D eigenvalue weighted by molar-refractivity contribution is 5.94. The number of phenolic OH excluding ortho intramolecular Hbond substituents is 2. The molecule has 2 atom stereocenters. The summed E-state index contributed by atoms with van der Waals surface area (Å²) >= 11 is 0. The Balaban J connectivity index is 0.968. The van der Waals surface area contributed by atoms with Gasteiger partial charge in [0.05, 0.1) is 5.39 Å². The van der Waals surface area contributed by atoms with Gasteiger partial charge < -0.3 is 40.4 Å². The molecular weight excluding hydrogens is 622 g/mol. The average Bonchev–Trinajstić information content (AvgIpc) is 3.36. The minimum Gasteiger partial charge on any atom is -0.508 e. The van der Waals surface area contributed by atoms with E-state index in [1.807, 2.05) is 73.5 Å². The number of fused-ring (bicyclic) bond motifs is 2. The predicted octanol–water partition coefficient (Wildman–Crippen LogP) is 4.76. The fraction of sp³-hybridized carbons (Fsp3) is 0.270. The van der Waals surface area contributed by atoms with Crippen LogP contribution in [0, 0.1) is 0 Å². The van der Waals surface area contributed by atoms with Gasteiger partial charge in [0.2, 0.25) is 5.95 Å². The Morgan fingerprint density at radius 3 is 2.57 bits per heavy atom. The third-order valence-corrected chi connectivity index (χ3v) is 9.50. The molecule has 7 N–H and O–H groups in total. The number of anilines is 2. The number of hydrogen-bond acceptors (Lipinski definition) is 8. The molecule has 1 amide bonds. The molecular formula is C37H39N7O5. The summed E-state index contributed by atoms with van der Waals surface area (Å²) in [6, 6.07) is 18.2. The summed E-state index contributed by atoms with van der Waals surface area (Å²) in [6.45, 7) is 5.04. The van der Waals surface area contributed by atoms with Crippen LogP contribution in [0.25, 0.3) is 21.9 Å². The smallest absolute Gasteiger partial charge is 0.262 e. The Morgan fingerprint density at radius 2 is 1.82 bits per heavy atom. The van der Waals surface area contributed by atoms with Crippen LogP contribution in [0.5, 0.6) is 11.5 Å². The van der Waals surface area contributed by atoms with E-state index in [9.17, 15) is 24.9 Å².